The average Bonchev–Trinajstić information content (AvgIpc) is 1.97. The number of aromatic nitrogens is 1. The minimum absolute atomic E-state index is 0. The van der Waals surface area contributed by atoms with Crippen LogP contribution in [0.5, 0.6) is 0 Å². The van der Waals surface area contributed by atoms with Gasteiger partial charge in [-0.05, 0) is 23.1 Å². The van der Waals surface area contributed by atoms with Gasteiger partial charge in [-0.2, -0.15) is 11.2 Å². The van der Waals surface area contributed by atoms with Gasteiger partial charge in [0.1, 0.15) is 0 Å². The molecular formula is C13H24LiNSi2. The van der Waals surface area contributed by atoms with Crippen molar-refractivity contribution < 1.29 is 18.9 Å². The van der Waals surface area contributed by atoms with Gasteiger partial charge < -0.3 is 0 Å². The van der Waals surface area contributed by atoms with Crippen molar-refractivity contribution in [2.75, 3.05) is 0 Å². The first-order valence-electron chi connectivity index (χ1n) is 5.94. The zero-order valence-corrected chi connectivity index (χ0v) is 14.7. The van der Waals surface area contributed by atoms with E-state index in [1.165, 1.54) is 5.69 Å². The van der Waals surface area contributed by atoms with Gasteiger partial charge >= 0.3 is 18.9 Å². The fourth-order valence-corrected chi connectivity index (χ4v) is 13.4. The molecule has 0 radical (unpaired) electrons. The number of nitrogens with zero attached hydrogens (tertiary/aromatic N) is 1. The summed E-state index contributed by atoms with van der Waals surface area (Å²) in [6.45, 7) is 16.7. The summed E-state index contributed by atoms with van der Waals surface area (Å²) in [7, 11) is -2.54. The molecule has 0 unspecified atom stereocenters. The molecule has 1 rings (SSSR count). The molecule has 0 aliphatic rings. The second kappa shape index (κ2) is 5.79. The molecule has 0 N–H and O–H groups in total. The van der Waals surface area contributed by atoms with Gasteiger partial charge in [0.2, 0.25) is 0 Å². The van der Waals surface area contributed by atoms with E-state index in [1.807, 2.05) is 0 Å². The Labute approximate surface area is 121 Å². The summed E-state index contributed by atoms with van der Waals surface area (Å²) in [5.41, 5.74) is 2.39. The standard InChI is InChI=1S/C13H24NSi2.Li/c1-11-9-8-10-12(14-11)13(15(2,3)4)16(5,6)7;/h8-10H,1-7H3;/q-1;+1. The maximum absolute atomic E-state index is 4.74. The number of rotatable bonds is 3. The third-order valence-corrected chi connectivity index (χ3v) is 10.7. The van der Waals surface area contributed by atoms with Gasteiger partial charge in [-0.3, -0.25) is 4.98 Å². The van der Waals surface area contributed by atoms with Crippen LogP contribution in [0.3, 0.4) is 0 Å². The van der Waals surface area contributed by atoms with E-state index >= 15 is 0 Å². The van der Waals surface area contributed by atoms with Crippen LogP contribution in [0.4, 0.5) is 0 Å². The Morgan fingerprint density at radius 3 is 1.76 bits per heavy atom. The molecule has 90 valence electrons. The number of hydrogen-bond donors (Lipinski definition) is 0. The molecule has 4 heteroatoms. The second-order valence-corrected chi connectivity index (χ2v) is 17.0. The van der Waals surface area contributed by atoms with Crippen LogP contribution in [0.25, 0.3) is 0 Å². The summed E-state index contributed by atoms with van der Waals surface area (Å²) in [6.07, 6.45) is 0. The fraction of sp³-hybridized carbons (Fsp3) is 0.538. The molecule has 0 amide bonds. The first-order chi connectivity index (χ1) is 7.12. The zero-order chi connectivity index (χ0) is 12.6. The largest absolute Gasteiger partial charge is 1.00 e. The second-order valence-electron chi connectivity index (χ2n) is 6.54. The third kappa shape index (κ3) is 4.67. The van der Waals surface area contributed by atoms with Gasteiger partial charge in [0.25, 0.3) is 0 Å². The minimum Gasteiger partial charge on any atom is -0.292 e. The smallest absolute Gasteiger partial charge is 0.292 e. The molecule has 1 aromatic heterocycles. The Morgan fingerprint density at radius 1 is 0.941 bits per heavy atom. The van der Waals surface area contributed by atoms with Crippen LogP contribution in [0.1, 0.15) is 11.4 Å². The Balaban J connectivity index is 0.00000256. The predicted octanol–water partition coefficient (Wildman–Crippen LogP) is 1.07. The molecule has 1 nitrogen and oxygen atoms in total. The molecule has 17 heavy (non-hydrogen) atoms. The molecule has 0 saturated carbocycles. The molecule has 1 heterocycles. The molecule has 0 aliphatic carbocycles. The van der Waals surface area contributed by atoms with Gasteiger partial charge in [-0.25, -0.2) is 0 Å². The van der Waals surface area contributed by atoms with Crippen LogP contribution in [0.15, 0.2) is 18.2 Å². The summed E-state index contributed by atoms with van der Waals surface area (Å²) in [6, 6.07) is 6.41. The van der Waals surface area contributed by atoms with Crippen molar-refractivity contribution in [2.45, 2.75) is 46.2 Å². The van der Waals surface area contributed by atoms with Crippen LogP contribution < -0.4 is 18.9 Å². The van der Waals surface area contributed by atoms with E-state index in [0.717, 1.165) is 5.69 Å². The van der Waals surface area contributed by atoms with Crippen molar-refractivity contribution in [3.8, 4) is 0 Å². The average molecular weight is 257 g/mol. The van der Waals surface area contributed by atoms with Crippen LogP contribution in [0.2, 0.25) is 39.3 Å². The van der Waals surface area contributed by atoms with Crippen LogP contribution in [0, 0.1) is 12.1 Å². The third-order valence-electron chi connectivity index (χ3n) is 2.64. The molecular weight excluding hydrogens is 233 g/mol. The van der Waals surface area contributed by atoms with E-state index in [0.29, 0.717) is 0 Å². The predicted molar refractivity (Wildman–Crippen MR) is 78.0 cm³/mol. The molecule has 0 saturated heterocycles. The summed E-state index contributed by atoms with van der Waals surface area (Å²) < 4.78 is 0. The summed E-state index contributed by atoms with van der Waals surface area (Å²) >= 11 is 0. The van der Waals surface area contributed by atoms with Crippen molar-refractivity contribution in [3.63, 3.8) is 0 Å². The fourth-order valence-electron chi connectivity index (χ4n) is 2.58. The van der Waals surface area contributed by atoms with E-state index in [9.17, 15) is 0 Å². The van der Waals surface area contributed by atoms with E-state index in [1.54, 1.807) is 5.16 Å². The van der Waals surface area contributed by atoms with Gasteiger partial charge in [0, 0.05) is 5.69 Å². The van der Waals surface area contributed by atoms with Crippen molar-refractivity contribution in [1.29, 1.82) is 0 Å². The monoisotopic (exact) mass is 257 g/mol. The Hall–Kier alpha value is 0.0512. The van der Waals surface area contributed by atoms with E-state index in [4.69, 9.17) is 4.98 Å². The summed E-state index contributed by atoms with van der Waals surface area (Å²) in [5, 5.41) is 1.70. The van der Waals surface area contributed by atoms with Crippen molar-refractivity contribution in [2.24, 2.45) is 0 Å². The maximum atomic E-state index is 4.74. The van der Waals surface area contributed by atoms with E-state index < -0.39 is 16.1 Å². The SMILES string of the molecule is Cc1cccc([C-]([Si](C)(C)C)[Si](C)(C)C)n1.[Li+]. The Kier molecular flexibility index (Phi) is 5.81. The van der Waals surface area contributed by atoms with Crippen LogP contribution in [-0.4, -0.2) is 21.1 Å². The minimum atomic E-state index is -1.27. The van der Waals surface area contributed by atoms with Gasteiger partial charge in [-0.15, -0.1) is 6.07 Å². The summed E-state index contributed by atoms with van der Waals surface area (Å²) in [4.78, 5) is 4.74. The molecule has 0 bridgehead atoms. The van der Waals surface area contributed by atoms with E-state index in [-0.39, 0.29) is 18.9 Å². The summed E-state index contributed by atoms with van der Waals surface area (Å²) in [5.74, 6) is 0. The van der Waals surface area contributed by atoms with Crippen molar-refractivity contribution in [1.82, 2.24) is 4.98 Å². The van der Waals surface area contributed by atoms with E-state index in [2.05, 4.69) is 64.4 Å². The van der Waals surface area contributed by atoms with Gasteiger partial charge in [0.15, 0.2) is 0 Å². The van der Waals surface area contributed by atoms with Gasteiger partial charge in [0.05, 0.1) is 0 Å². The molecule has 1 aromatic rings. The normalized spacial score (nSPS) is 11.9. The molecule has 0 fully saturated rings. The molecule has 0 aliphatic heterocycles. The van der Waals surface area contributed by atoms with Crippen LogP contribution in [-0.2, 0) is 0 Å². The van der Waals surface area contributed by atoms with Crippen molar-refractivity contribution >= 4 is 16.1 Å². The first kappa shape index (κ1) is 17.1. The Bertz CT molecular complexity index is 352. The van der Waals surface area contributed by atoms with Crippen molar-refractivity contribution in [3.05, 3.63) is 34.8 Å². The number of aryl methyl sites for hydroxylation is 1. The number of hydrogen-bond acceptors (Lipinski definition) is 1. The molecule has 0 aromatic carbocycles. The van der Waals surface area contributed by atoms with Crippen LogP contribution >= 0.6 is 0 Å². The Morgan fingerprint density at radius 2 is 1.41 bits per heavy atom. The topological polar surface area (TPSA) is 12.9 Å². The quantitative estimate of drug-likeness (QED) is 0.583. The first-order valence-corrected chi connectivity index (χ1v) is 12.9. The zero-order valence-electron chi connectivity index (χ0n) is 12.7. The van der Waals surface area contributed by atoms with Gasteiger partial charge in [-0.1, -0.05) is 51.0 Å². The molecule has 0 atom stereocenters. The number of pyridine rings is 1. The molecule has 0 spiro atoms. The maximum Gasteiger partial charge on any atom is 1.00 e.